The van der Waals surface area contributed by atoms with Crippen LogP contribution < -0.4 is 10.6 Å². The predicted molar refractivity (Wildman–Crippen MR) is 128 cm³/mol. The zero-order chi connectivity index (χ0) is 21.3. The average Bonchev–Trinajstić information content (AvgIpc) is 2.73. The summed E-state index contributed by atoms with van der Waals surface area (Å²) in [6.07, 6.45) is 18.0. The summed E-state index contributed by atoms with van der Waals surface area (Å²) < 4.78 is 0. The van der Waals surface area contributed by atoms with E-state index in [0.29, 0.717) is 0 Å². The van der Waals surface area contributed by atoms with Crippen molar-refractivity contribution < 1.29 is 4.79 Å². The Hall–Kier alpha value is -1.77. The van der Waals surface area contributed by atoms with Gasteiger partial charge >= 0.3 is 0 Å². The van der Waals surface area contributed by atoms with Crippen molar-refractivity contribution in [3.63, 3.8) is 0 Å². The van der Waals surface area contributed by atoms with E-state index in [9.17, 15) is 4.79 Å². The van der Waals surface area contributed by atoms with Gasteiger partial charge in [-0.3, -0.25) is 4.79 Å². The first-order valence-corrected chi connectivity index (χ1v) is 11.9. The third-order valence-corrected chi connectivity index (χ3v) is 5.76. The smallest absolute Gasteiger partial charge is 0.225 e. The van der Waals surface area contributed by atoms with E-state index >= 15 is 0 Å². The standard InChI is InChI=1S/C26H44N2O/c1-4-7-8-9-10-11-12-13-14-15-16-17-21-24(26(27)29)23-20-18-19-22-25(23)28(5-2)6-3/h11-12,18-20,22,24H,4-10,13-17,21H2,1-3H3,(H2,27,29)/b12-11-. The first-order chi connectivity index (χ1) is 14.2. The summed E-state index contributed by atoms with van der Waals surface area (Å²) in [4.78, 5) is 14.5. The fourth-order valence-corrected chi connectivity index (χ4v) is 3.97. The first kappa shape index (κ1) is 25.3. The lowest BCUT2D eigenvalue weighted by Gasteiger charge is -2.27. The van der Waals surface area contributed by atoms with Crippen molar-refractivity contribution in [3.8, 4) is 0 Å². The number of nitrogens with zero attached hydrogens (tertiary/aromatic N) is 1. The molecule has 1 atom stereocenters. The maximum atomic E-state index is 12.2. The third kappa shape index (κ3) is 10.0. The molecule has 1 unspecified atom stereocenters. The number of hydrogen-bond acceptors (Lipinski definition) is 2. The fourth-order valence-electron chi connectivity index (χ4n) is 3.97. The lowest BCUT2D eigenvalue weighted by molar-refractivity contribution is -0.119. The molecule has 0 aliphatic rings. The van der Waals surface area contributed by atoms with Gasteiger partial charge in [-0.15, -0.1) is 0 Å². The second-order valence-corrected chi connectivity index (χ2v) is 8.00. The molecule has 0 bridgehead atoms. The number of para-hydroxylation sites is 1. The second kappa shape index (κ2) is 16.1. The molecular weight excluding hydrogens is 356 g/mol. The Balaban J connectivity index is 2.38. The molecule has 2 N–H and O–H groups in total. The van der Waals surface area contributed by atoms with Crippen LogP contribution in [0, 0.1) is 0 Å². The molecule has 0 saturated heterocycles. The summed E-state index contributed by atoms with van der Waals surface area (Å²) in [6, 6.07) is 8.26. The van der Waals surface area contributed by atoms with Crippen LogP contribution in [0.1, 0.15) is 103 Å². The van der Waals surface area contributed by atoms with Crippen LogP contribution in [0.25, 0.3) is 0 Å². The van der Waals surface area contributed by atoms with Crippen molar-refractivity contribution in [1.82, 2.24) is 0 Å². The van der Waals surface area contributed by atoms with Crippen molar-refractivity contribution in [2.75, 3.05) is 18.0 Å². The Morgan fingerprint density at radius 2 is 1.48 bits per heavy atom. The molecule has 1 amide bonds. The summed E-state index contributed by atoms with van der Waals surface area (Å²) in [6.45, 7) is 8.43. The van der Waals surface area contributed by atoms with Gasteiger partial charge < -0.3 is 10.6 Å². The molecule has 29 heavy (non-hydrogen) atoms. The first-order valence-electron chi connectivity index (χ1n) is 11.9. The minimum Gasteiger partial charge on any atom is -0.372 e. The van der Waals surface area contributed by atoms with Gasteiger partial charge in [0.1, 0.15) is 0 Å². The van der Waals surface area contributed by atoms with E-state index in [0.717, 1.165) is 37.2 Å². The van der Waals surface area contributed by atoms with Crippen LogP contribution in [-0.2, 0) is 4.79 Å². The van der Waals surface area contributed by atoms with Crippen LogP contribution in [0.3, 0.4) is 0 Å². The molecule has 1 aromatic rings. The third-order valence-electron chi connectivity index (χ3n) is 5.76. The van der Waals surface area contributed by atoms with E-state index in [1.165, 1.54) is 57.8 Å². The van der Waals surface area contributed by atoms with Gasteiger partial charge in [-0.25, -0.2) is 0 Å². The second-order valence-electron chi connectivity index (χ2n) is 8.00. The van der Waals surface area contributed by atoms with Crippen molar-refractivity contribution >= 4 is 11.6 Å². The monoisotopic (exact) mass is 400 g/mol. The molecule has 1 aromatic carbocycles. The fraction of sp³-hybridized carbons (Fsp3) is 0.654. The van der Waals surface area contributed by atoms with E-state index in [-0.39, 0.29) is 11.8 Å². The van der Waals surface area contributed by atoms with E-state index in [1.807, 2.05) is 12.1 Å². The quantitative estimate of drug-likeness (QED) is 0.227. The van der Waals surface area contributed by atoms with Gasteiger partial charge in [-0.2, -0.15) is 0 Å². The van der Waals surface area contributed by atoms with Gasteiger partial charge in [0.05, 0.1) is 5.92 Å². The maximum absolute atomic E-state index is 12.2. The molecule has 3 nitrogen and oxygen atoms in total. The Labute approximate surface area is 179 Å². The highest BCUT2D eigenvalue weighted by atomic mass is 16.1. The summed E-state index contributed by atoms with van der Waals surface area (Å²) in [5, 5.41) is 0. The lowest BCUT2D eigenvalue weighted by atomic mass is 9.90. The largest absolute Gasteiger partial charge is 0.372 e. The van der Waals surface area contributed by atoms with E-state index in [4.69, 9.17) is 5.73 Å². The minimum atomic E-state index is -0.199. The number of amides is 1. The number of unbranched alkanes of at least 4 members (excludes halogenated alkanes) is 8. The molecule has 0 aliphatic carbocycles. The Kier molecular flexibility index (Phi) is 14.0. The molecule has 0 heterocycles. The maximum Gasteiger partial charge on any atom is 0.225 e. The van der Waals surface area contributed by atoms with E-state index in [2.05, 4.69) is 50.0 Å². The van der Waals surface area contributed by atoms with Gasteiger partial charge in [0, 0.05) is 18.8 Å². The van der Waals surface area contributed by atoms with E-state index < -0.39 is 0 Å². The van der Waals surface area contributed by atoms with Crippen molar-refractivity contribution in [3.05, 3.63) is 42.0 Å². The van der Waals surface area contributed by atoms with Gasteiger partial charge in [0.2, 0.25) is 5.91 Å². The van der Waals surface area contributed by atoms with Crippen molar-refractivity contribution in [1.29, 1.82) is 0 Å². The summed E-state index contributed by atoms with van der Waals surface area (Å²) in [5.74, 6) is -0.384. The molecule has 0 saturated carbocycles. The van der Waals surface area contributed by atoms with Crippen molar-refractivity contribution in [2.45, 2.75) is 97.3 Å². The summed E-state index contributed by atoms with van der Waals surface area (Å²) in [7, 11) is 0. The van der Waals surface area contributed by atoms with Gasteiger partial charge in [0.25, 0.3) is 0 Å². The minimum absolute atomic E-state index is 0.185. The Morgan fingerprint density at radius 3 is 2.07 bits per heavy atom. The molecule has 164 valence electrons. The Morgan fingerprint density at radius 1 is 0.897 bits per heavy atom. The summed E-state index contributed by atoms with van der Waals surface area (Å²) >= 11 is 0. The molecular formula is C26H44N2O. The molecule has 3 heteroatoms. The van der Waals surface area contributed by atoms with Gasteiger partial charge in [-0.05, 0) is 57.6 Å². The molecule has 1 rings (SSSR count). The van der Waals surface area contributed by atoms with Crippen LogP contribution in [0.15, 0.2) is 36.4 Å². The number of allylic oxidation sites excluding steroid dienone is 2. The molecule has 0 aliphatic heterocycles. The number of nitrogens with two attached hydrogens (primary N) is 1. The van der Waals surface area contributed by atoms with Crippen LogP contribution in [0.4, 0.5) is 5.69 Å². The number of primary amides is 1. The van der Waals surface area contributed by atoms with Crippen LogP contribution in [0.5, 0.6) is 0 Å². The number of benzene rings is 1. The lowest BCUT2D eigenvalue weighted by Crippen LogP contribution is -2.27. The highest BCUT2D eigenvalue weighted by molar-refractivity contribution is 5.84. The molecule has 0 radical (unpaired) electrons. The molecule has 0 spiro atoms. The number of hydrogen-bond donors (Lipinski definition) is 1. The summed E-state index contributed by atoms with van der Waals surface area (Å²) in [5.41, 5.74) is 8.04. The predicted octanol–water partition coefficient (Wildman–Crippen LogP) is 6.97. The van der Waals surface area contributed by atoms with Gasteiger partial charge in [0.15, 0.2) is 0 Å². The molecule has 0 fully saturated rings. The Bertz CT molecular complexity index is 578. The average molecular weight is 401 g/mol. The van der Waals surface area contributed by atoms with Crippen molar-refractivity contribution in [2.24, 2.45) is 5.73 Å². The topological polar surface area (TPSA) is 46.3 Å². The zero-order valence-electron chi connectivity index (χ0n) is 19.2. The number of anilines is 1. The highest BCUT2D eigenvalue weighted by Crippen LogP contribution is 2.31. The zero-order valence-corrected chi connectivity index (χ0v) is 19.2. The highest BCUT2D eigenvalue weighted by Gasteiger charge is 2.22. The SMILES string of the molecule is CCCCCC/C=C\CCCCCCC(C(N)=O)c1ccccc1N(CC)CC. The molecule has 0 aromatic heterocycles. The van der Waals surface area contributed by atoms with Crippen LogP contribution >= 0.6 is 0 Å². The van der Waals surface area contributed by atoms with Crippen LogP contribution in [-0.4, -0.2) is 19.0 Å². The van der Waals surface area contributed by atoms with E-state index in [1.54, 1.807) is 0 Å². The van der Waals surface area contributed by atoms with Gasteiger partial charge in [-0.1, -0.05) is 75.8 Å². The number of rotatable bonds is 17. The number of carbonyl (C=O) groups is 1. The normalized spacial score (nSPS) is 12.4. The van der Waals surface area contributed by atoms with Crippen LogP contribution in [0.2, 0.25) is 0 Å². The number of carbonyl (C=O) groups excluding carboxylic acids is 1.